The third-order valence-electron chi connectivity index (χ3n) is 2.73. The summed E-state index contributed by atoms with van der Waals surface area (Å²) in [6, 6.07) is 7.20. The van der Waals surface area contributed by atoms with E-state index in [0.29, 0.717) is 17.3 Å². The molecule has 1 heterocycles. The molecule has 0 radical (unpaired) electrons. The quantitative estimate of drug-likeness (QED) is 0.886. The Morgan fingerprint density at radius 3 is 2.48 bits per heavy atom. The van der Waals surface area contributed by atoms with Gasteiger partial charge in [-0.25, -0.2) is 9.78 Å². The highest BCUT2D eigenvalue weighted by Crippen LogP contribution is 2.25. The molecule has 2 rings (SSSR count). The summed E-state index contributed by atoms with van der Waals surface area (Å²) in [5.41, 5.74) is 1.60. The zero-order valence-corrected chi connectivity index (χ0v) is 12.6. The molecule has 0 aliphatic rings. The molecule has 1 aromatic carbocycles. The molecule has 6 heteroatoms. The molecular weight excluding hydrogens is 288 g/mol. The number of nitrogens with zero attached hydrogens (tertiary/aromatic N) is 1. The normalized spacial score (nSPS) is 10.6. The summed E-state index contributed by atoms with van der Waals surface area (Å²) in [6.45, 7) is 3.98. The number of amides is 1. The van der Waals surface area contributed by atoms with Crippen LogP contribution in [-0.2, 0) is 4.79 Å². The van der Waals surface area contributed by atoms with Crippen molar-refractivity contribution in [3.05, 3.63) is 35.3 Å². The molecule has 21 heavy (non-hydrogen) atoms. The van der Waals surface area contributed by atoms with Crippen molar-refractivity contribution in [2.75, 3.05) is 5.32 Å². The van der Waals surface area contributed by atoms with Crippen molar-refractivity contribution in [1.82, 2.24) is 4.98 Å². The maximum Gasteiger partial charge on any atom is 0.355 e. The van der Waals surface area contributed by atoms with E-state index in [0.717, 1.165) is 11.3 Å². The van der Waals surface area contributed by atoms with Crippen molar-refractivity contribution >= 4 is 28.9 Å². The third kappa shape index (κ3) is 4.13. The number of carbonyl (C=O) groups excluding carboxylic acids is 1. The number of thiazole rings is 1. The highest BCUT2D eigenvalue weighted by Gasteiger charge is 2.10. The van der Waals surface area contributed by atoms with Crippen LogP contribution >= 0.6 is 11.3 Å². The number of anilines is 1. The van der Waals surface area contributed by atoms with Crippen molar-refractivity contribution in [1.29, 1.82) is 0 Å². The van der Waals surface area contributed by atoms with Crippen LogP contribution in [0.4, 0.5) is 5.69 Å². The Hall–Kier alpha value is -2.21. The fraction of sp³-hybridized carbons (Fsp3) is 0.267. The predicted octanol–water partition coefficient (Wildman–Crippen LogP) is 3.49. The molecule has 0 bridgehead atoms. The molecule has 0 atom stereocenters. The van der Waals surface area contributed by atoms with Crippen LogP contribution in [0.3, 0.4) is 0 Å². The fourth-order valence-electron chi connectivity index (χ4n) is 1.78. The number of carboxylic acid groups (broad SMARTS) is 1. The maximum atomic E-state index is 11.7. The molecule has 2 N–H and O–H groups in total. The number of nitrogens with one attached hydrogen (secondary N) is 1. The van der Waals surface area contributed by atoms with Gasteiger partial charge in [-0.1, -0.05) is 13.8 Å². The monoisotopic (exact) mass is 304 g/mol. The molecule has 0 unspecified atom stereocenters. The molecular formula is C15H16N2O3S. The van der Waals surface area contributed by atoms with Gasteiger partial charge in [0.2, 0.25) is 5.91 Å². The second-order valence-corrected chi connectivity index (χ2v) is 5.92. The Labute approximate surface area is 126 Å². The first kappa shape index (κ1) is 15.2. The molecule has 110 valence electrons. The van der Waals surface area contributed by atoms with Crippen molar-refractivity contribution in [2.45, 2.75) is 20.3 Å². The van der Waals surface area contributed by atoms with Gasteiger partial charge >= 0.3 is 5.97 Å². The summed E-state index contributed by atoms with van der Waals surface area (Å²) in [4.78, 5) is 26.5. The van der Waals surface area contributed by atoms with Crippen molar-refractivity contribution in [2.24, 2.45) is 5.92 Å². The Balaban J connectivity index is 2.07. The molecule has 0 spiro atoms. The molecule has 0 fully saturated rings. The topological polar surface area (TPSA) is 79.3 Å². The van der Waals surface area contributed by atoms with E-state index < -0.39 is 5.97 Å². The Morgan fingerprint density at radius 1 is 1.29 bits per heavy atom. The number of carbonyl (C=O) groups is 2. The minimum Gasteiger partial charge on any atom is -0.476 e. The first-order valence-corrected chi connectivity index (χ1v) is 7.43. The summed E-state index contributed by atoms with van der Waals surface area (Å²) in [6.07, 6.45) is 0.482. The lowest BCUT2D eigenvalue weighted by molar-refractivity contribution is -0.116. The third-order valence-corrected chi connectivity index (χ3v) is 3.62. The van der Waals surface area contributed by atoms with E-state index in [-0.39, 0.29) is 11.6 Å². The number of aromatic nitrogens is 1. The number of hydrogen-bond acceptors (Lipinski definition) is 4. The number of rotatable bonds is 5. The largest absolute Gasteiger partial charge is 0.476 e. The van der Waals surface area contributed by atoms with Gasteiger partial charge in [0.1, 0.15) is 5.01 Å². The summed E-state index contributed by atoms with van der Waals surface area (Å²) in [5.74, 6) is -0.732. The van der Waals surface area contributed by atoms with Crippen LogP contribution in [0.5, 0.6) is 0 Å². The minimum atomic E-state index is -1.03. The van der Waals surface area contributed by atoms with Gasteiger partial charge in [-0.15, -0.1) is 11.3 Å². The molecule has 0 saturated heterocycles. The SMILES string of the molecule is CC(C)CC(=O)Nc1ccc(-c2nc(C(=O)O)cs2)cc1. The Bertz CT molecular complexity index is 647. The van der Waals surface area contributed by atoms with Gasteiger partial charge in [0, 0.05) is 23.1 Å². The Kier molecular flexibility index (Phi) is 4.70. The highest BCUT2D eigenvalue weighted by molar-refractivity contribution is 7.13. The second-order valence-electron chi connectivity index (χ2n) is 5.07. The van der Waals surface area contributed by atoms with E-state index in [9.17, 15) is 9.59 Å². The van der Waals surface area contributed by atoms with Crippen LogP contribution in [0.1, 0.15) is 30.8 Å². The van der Waals surface area contributed by atoms with Gasteiger partial charge in [-0.2, -0.15) is 0 Å². The number of aromatic carboxylic acids is 1. The highest BCUT2D eigenvalue weighted by atomic mass is 32.1. The smallest absolute Gasteiger partial charge is 0.355 e. The lowest BCUT2D eigenvalue weighted by Gasteiger charge is -2.07. The van der Waals surface area contributed by atoms with E-state index in [4.69, 9.17) is 5.11 Å². The van der Waals surface area contributed by atoms with Gasteiger partial charge in [0.05, 0.1) is 0 Å². The van der Waals surface area contributed by atoms with Crippen molar-refractivity contribution in [3.63, 3.8) is 0 Å². The van der Waals surface area contributed by atoms with E-state index in [2.05, 4.69) is 10.3 Å². The zero-order valence-electron chi connectivity index (χ0n) is 11.8. The van der Waals surface area contributed by atoms with Crippen LogP contribution in [0, 0.1) is 5.92 Å². The summed E-state index contributed by atoms with van der Waals surface area (Å²) in [7, 11) is 0. The van der Waals surface area contributed by atoms with Crippen molar-refractivity contribution < 1.29 is 14.7 Å². The van der Waals surface area contributed by atoms with Gasteiger partial charge < -0.3 is 10.4 Å². The number of benzene rings is 1. The molecule has 0 saturated carbocycles. The molecule has 0 aliphatic carbocycles. The zero-order chi connectivity index (χ0) is 15.4. The molecule has 1 amide bonds. The second kappa shape index (κ2) is 6.49. The first-order chi connectivity index (χ1) is 9.95. The van der Waals surface area contributed by atoms with Gasteiger partial charge in [-0.05, 0) is 30.2 Å². The summed E-state index contributed by atoms with van der Waals surface area (Å²) < 4.78 is 0. The average molecular weight is 304 g/mol. The molecule has 0 aliphatic heterocycles. The van der Waals surface area contributed by atoms with Crippen LogP contribution < -0.4 is 5.32 Å². The number of carboxylic acids is 1. The van der Waals surface area contributed by atoms with Crippen LogP contribution in [0.2, 0.25) is 0 Å². The van der Waals surface area contributed by atoms with Gasteiger partial charge in [-0.3, -0.25) is 4.79 Å². The van der Waals surface area contributed by atoms with E-state index in [1.807, 2.05) is 26.0 Å². The van der Waals surface area contributed by atoms with Crippen molar-refractivity contribution in [3.8, 4) is 10.6 Å². The lowest BCUT2D eigenvalue weighted by atomic mass is 10.1. The number of hydrogen-bond donors (Lipinski definition) is 2. The van der Waals surface area contributed by atoms with E-state index >= 15 is 0 Å². The van der Waals surface area contributed by atoms with Crippen LogP contribution in [0.25, 0.3) is 10.6 Å². The minimum absolute atomic E-state index is 0.0137. The van der Waals surface area contributed by atoms with E-state index in [1.165, 1.54) is 16.7 Å². The maximum absolute atomic E-state index is 11.7. The predicted molar refractivity (Wildman–Crippen MR) is 82.6 cm³/mol. The average Bonchev–Trinajstić information content (AvgIpc) is 2.88. The standard InChI is InChI=1S/C15H16N2O3S/c1-9(2)7-13(18)16-11-5-3-10(4-6-11)14-17-12(8-21-14)15(19)20/h3-6,8-9H,7H2,1-2H3,(H,16,18)(H,19,20). The summed E-state index contributed by atoms with van der Waals surface area (Å²) >= 11 is 1.28. The Morgan fingerprint density at radius 2 is 1.95 bits per heavy atom. The first-order valence-electron chi connectivity index (χ1n) is 6.55. The van der Waals surface area contributed by atoms with Gasteiger partial charge in [0.25, 0.3) is 0 Å². The molecule has 5 nitrogen and oxygen atoms in total. The van der Waals surface area contributed by atoms with Crippen LogP contribution in [-0.4, -0.2) is 22.0 Å². The fourth-order valence-corrected chi connectivity index (χ4v) is 2.58. The lowest BCUT2D eigenvalue weighted by Crippen LogP contribution is -2.13. The van der Waals surface area contributed by atoms with Gasteiger partial charge in [0.15, 0.2) is 5.69 Å². The summed E-state index contributed by atoms with van der Waals surface area (Å²) in [5, 5.41) is 13.8. The molecule has 1 aromatic heterocycles. The van der Waals surface area contributed by atoms with E-state index in [1.54, 1.807) is 12.1 Å². The molecule has 2 aromatic rings. The van der Waals surface area contributed by atoms with Crippen LogP contribution in [0.15, 0.2) is 29.6 Å².